The number of sulfonamides is 1. The molecule has 2 atom stereocenters. The predicted molar refractivity (Wildman–Crippen MR) is 119 cm³/mol. The summed E-state index contributed by atoms with van der Waals surface area (Å²) in [5.74, 6) is -0.379. The minimum absolute atomic E-state index is 0.0707. The number of anilines is 1. The van der Waals surface area contributed by atoms with E-state index in [1.807, 2.05) is 45.9 Å². The SMILES string of the molecule is CCc1cccc(C)c1NC(=O)c1ccc(Cl)c(S(=O)(=O)N2CC(C)OC(C)C2)c1. The molecule has 2 aromatic rings. The van der Waals surface area contributed by atoms with E-state index in [0.29, 0.717) is 0 Å². The molecule has 30 heavy (non-hydrogen) atoms. The zero-order chi connectivity index (χ0) is 22.1. The van der Waals surface area contributed by atoms with Crippen molar-refractivity contribution >= 4 is 33.2 Å². The van der Waals surface area contributed by atoms with Gasteiger partial charge in [-0.25, -0.2) is 8.42 Å². The Balaban J connectivity index is 1.93. The molecule has 1 saturated heterocycles. The molecule has 0 bridgehead atoms. The summed E-state index contributed by atoms with van der Waals surface area (Å²) in [5.41, 5.74) is 2.94. The minimum atomic E-state index is -3.87. The number of rotatable bonds is 5. The molecule has 0 saturated carbocycles. The van der Waals surface area contributed by atoms with Crippen molar-refractivity contribution < 1.29 is 17.9 Å². The molecule has 1 aliphatic rings. The van der Waals surface area contributed by atoms with Crippen LogP contribution in [0.1, 0.15) is 42.3 Å². The molecule has 1 N–H and O–H groups in total. The van der Waals surface area contributed by atoms with Crippen molar-refractivity contribution in [3.8, 4) is 0 Å². The number of hydrogen-bond acceptors (Lipinski definition) is 4. The molecule has 1 heterocycles. The Labute approximate surface area is 183 Å². The third-order valence-electron chi connectivity index (χ3n) is 5.18. The van der Waals surface area contributed by atoms with E-state index in [4.69, 9.17) is 16.3 Å². The van der Waals surface area contributed by atoms with Gasteiger partial charge in [0, 0.05) is 24.3 Å². The average molecular weight is 451 g/mol. The van der Waals surface area contributed by atoms with E-state index >= 15 is 0 Å². The number of carbonyl (C=O) groups is 1. The highest BCUT2D eigenvalue weighted by molar-refractivity contribution is 7.89. The Morgan fingerprint density at radius 1 is 1.20 bits per heavy atom. The van der Waals surface area contributed by atoms with E-state index in [1.54, 1.807) is 0 Å². The first-order valence-corrected chi connectivity index (χ1v) is 11.8. The maximum Gasteiger partial charge on any atom is 0.255 e. The van der Waals surface area contributed by atoms with E-state index in [-0.39, 0.29) is 46.7 Å². The van der Waals surface area contributed by atoms with Crippen molar-refractivity contribution in [1.29, 1.82) is 0 Å². The number of halogens is 1. The van der Waals surface area contributed by atoms with Gasteiger partial charge in [0.1, 0.15) is 4.90 Å². The van der Waals surface area contributed by atoms with Gasteiger partial charge in [-0.2, -0.15) is 4.31 Å². The number of nitrogens with zero attached hydrogens (tertiary/aromatic N) is 1. The van der Waals surface area contributed by atoms with E-state index in [9.17, 15) is 13.2 Å². The van der Waals surface area contributed by atoms with Gasteiger partial charge in [0.25, 0.3) is 5.91 Å². The van der Waals surface area contributed by atoms with Crippen LogP contribution in [0.2, 0.25) is 5.02 Å². The molecule has 0 radical (unpaired) electrons. The summed E-state index contributed by atoms with van der Waals surface area (Å²) in [4.78, 5) is 12.9. The molecule has 0 spiro atoms. The van der Waals surface area contributed by atoms with Gasteiger partial charge in [-0.05, 0) is 56.5 Å². The van der Waals surface area contributed by atoms with Gasteiger partial charge >= 0.3 is 0 Å². The summed E-state index contributed by atoms with van der Waals surface area (Å²) < 4.78 is 33.5. The van der Waals surface area contributed by atoms with Crippen LogP contribution >= 0.6 is 11.6 Å². The lowest BCUT2D eigenvalue weighted by Crippen LogP contribution is -2.48. The Kier molecular flexibility index (Phi) is 6.87. The molecule has 1 amide bonds. The third-order valence-corrected chi connectivity index (χ3v) is 7.49. The number of para-hydroxylation sites is 1. The largest absolute Gasteiger partial charge is 0.373 e. The number of ether oxygens (including phenoxy) is 1. The van der Waals surface area contributed by atoms with Gasteiger partial charge in [0.05, 0.1) is 17.2 Å². The van der Waals surface area contributed by atoms with Crippen LogP contribution in [0, 0.1) is 6.92 Å². The molecule has 2 unspecified atom stereocenters. The second-order valence-corrected chi connectivity index (χ2v) is 9.95. The number of carbonyl (C=O) groups excluding carboxylic acids is 1. The first kappa shape index (κ1) is 22.7. The van der Waals surface area contributed by atoms with Gasteiger partial charge < -0.3 is 10.1 Å². The zero-order valence-corrected chi connectivity index (χ0v) is 19.2. The number of morpholine rings is 1. The molecule has 3 rings (SSSR count). The van der Waals surface area contributed by atoms with Crippen molar-refractivity contribution in [2.75, 3.05) is 18.4 Å². The van der Waals surface area contributed by atoms with Crippen LogP contribution < -0.4 is 5.32 Å². The number of amides is 1. The van der Waals surface area contributed by atoms with Crippen molar-refractivity contribution in [2.24, 2.45) is 0 Å². The van der Waals surface area contributed by atoms with Gasteiger partial charge in [0.15, 0.2) is 0 Å². The van der Waals surface area contributed by atoms with Crippen LogP contribution in [-0.2, 0) is 21.2 Å². The second-order valence-electron chi connectivity index (χ2n) is 7.64. The van der Waals surface area contributed by atoms with Crippen LogP contribution in [0.5, 0.6) is 0 Å². The van der Waals surface area contributed by atoms with Crippen LogP contribution in [0.3, 0.4) is 0 Å². The molecular weight excluding hydrogens is 424 g/mol. The summed E-state index contributed by atoms with van der Waals surface area (Å²) in [6.07, 6.45) is 0.329. The highest BCUT2D eigenvalue weighted by Crippen LogP contribution is 2.29. The van der Waals surface area contributed by atoms with Gasteiger partial charge in [0.2, 0.25) is 10.0 Å². The van der Waals surface area contributed by atoms with Gasteiger partial charge in [-0.3, -0.25) is 4.79 Å². The van der Waals surface area contributed by atoms with E-state index in [2.05, 4.69) is 5.32 Å². The maximum absolute atomic E-state index is 13.2. The molecule has 2 aromatic carbocycles. The summed E-state index contributed by atoms with van der Waals surface area (Å²) >= 11 is 6.24. The number of nitrogens with one attached hydrogen (secondary N) is 1. The molecule has 6 nitrogen and oxygen atoms in total. The van der Waals surface area contributed by atoms with Gasteiger partial charge in [-0.15, -0.1) is 0 Å². The molecule has 0 aromatic heterocycles. The first-order valence-electron chi connectivity index (χ1n) is 9.98. The Morgan fingerprint density at radius 3 is 2.50 bits per heavy atom. The van der Waals surface area contributed by atoms with Crippen molar-refractivity contribution in [3.63, 3.8) is 0 Å². The monoisotopic (exact) mass is 450 g/mol. The molecule has 162 valence electrons. The van der Waals surface area contributed by atoms with Crippen LogP contribution in [0.25, 0.3) is 0 Å². The normalized spacial score (nSPS) is 20.2. The second kappa shape index (κ2) is 9.06. The topological polar surface area (TPSA) is 75.7 Å². The van der Waals surface area contributed by atoms with E-state index < -0.39 is 10.0 Å². The molecule has 1 aliphatic heterocycles. The van der Waals surface area contributed by atoms with Crippen molar-refractivity contribution in [3.05, 3.63) is 58.1 Å². The number of hydrogen-bond donors (Lipinski definition) is 1. The fraction of sp³-hybridized carbons (Fsp3) is 0.409. The highest BCUT2D eigenvalue weighted by atomic mass is 35.5. The average Bonchev–Trinajstić information content (AvgIpc) is 2.68. The first-order chi connectivity index (χ1) is 14.1. The Bertz CT molecular complexity index is 1050. The van der Waals surface area contributed by atoms with Crippen LogP contribution in [0.15, 0.2) is 41.3 Å². The number of aryl methyl sites for hydroxylation is 2. The van der Waals surface area contributed by atoms with Crippen molar-refractivity contribution in [2.45, 2.75) is 51.2 Å². The Morgan fingerprint density at radius 2 is 1.87 bits per heavy atom. The Hall–Kier alpha value is -1.93. The lowest BCUT2D eigenvalue weighted by atomic mass is 10.1. The summed E-state index contributed by atoms with van der Waals surface area (Å²) in [7, 11) is -3.87. The summed E-state index contributed by atoms with van der Waals surface area (Å²) in [5, 5.41) is 3.01. The fourth-order valence-electron chi connectivity index (χ4n) is 3.70. The molecule has 1 fully saturated rings. The lowest BCUT2D eigenvalue weighted by molar-refractivity contribution is -0.0440. The fourth-order valence-corrected chi connectivity index (χ4v) is 5.79. The highest BCUT2D eigenvalue weighted by Gasteiger charge is 2.34. The minimum Gasteiger partial charge on any atom is -0.373 e. The standard InChI is InChI=1S/C22H27ClN2O4S/c1-5-17-8-6-7-14(2)21(17)24-22(26)18-9-10-19(23)20(11-18)30(27,28)25-12-15(3)29-16(4)13-25/h6-11,15-16H,5,12-13H2,1-4H3,(H,24,26). The van der Waals surface area contributed by atoms with Crippen LogP contribution in [0.4, 0.5) is 5.69 Å². The van der Waals surface area contributed by atoms with Crippen LogP contribution in [-0.4, -0.2) is 43.9 Å². The molecular formula is C22H27ClN2O4S. The van der Waals surface area contributed by atoms with Gasteiger partial charge in [-0.1, -0.05) is 36.7 Å². The van der Waals surface area contributed by atoms with Crippen molar-refractivity contribution in [1.82, 2.24) is 4.31 Å². The smallest absolute Gasteiger partial charge is 0.255 e. The third kappa shape index (κ3) is 4.70. The zero-order valence-electron chi connectivity index (χ0n) is 17.6. The molecule has 8 heteroatoms. The van der Waals surface area contributed by atoms with E-state index in [1.165, 1.54) is 22.5 Å². The molecule has 0 aliphatic carbocycles. The number of benzene rings is 2. The predicted octanol–water partition coefficient (Wildman–Crippen LogP) is 4.26. The lowest BCUT2D eigenvalue weighted by Gasteiger charge is -2.34. The maximum atomic E-state index is 13.2. The summed E-state index contributed by atoms with van der Waals surface area (Å²) in [6.45, 7) is 8.08. The quantitative estimate of drug-likeness (QED) is 0.738. The van der Waals surface area contributed by atoms with E-state index in [0.717, 1.165) is 23.2 Å². The summed E-state index contributed by atoms with van der Waals surface area (Å²) in [6, 6.07) is 10.2.